The van der Waals surface area contributed by atoms with Crippen LogP contribution in [0, 0.1) is 0 Å². The van der Waals surface area contributed by atoms with Gasteiger partial charge in [0.1, 0.15) is 5.82 Å². The van der Waals surface area contributed by atoms with E-state index in [4.69, 9.17) is 11.5 Å². The van der Waals surface area contributed by atoms with Gasteiger partial charge >= 0.3 is 10.2 Å². The summed E-state index contributed by atoms with van der Waals surface area (Å²) in [5.41, 5.74) is 12.2. The largest absolute Gasteiger partial charge is 0.384 e. The van der Waals surface area contributed by atoms with Gasteiger partial charge in [0, 0.05) is 5.57 Å². The molecule has 0 aromatic carbocycles. The smallest absolute Gasteiger partial charge is 0.322 e. The summed E-state index contributed by atoms with van der Waals surface area (Å²) in [4.78, 5) is 0. The molecule has 1 aliphatic carbocycles. The highest BCUT2D eigenvalue weighted by molar-refractivity contribution is 7.87. The van der Waals surface area contributed by atoms with Crippen LogP contribution in [-0.2, 0) is 10.2 Å². The maximum absolute atomic E-state index is 11.4. The second-order valence-corrected chi connectivity index (χ2v) is 5.24. The highest BCUT2D eigenvalue weighted by atomic mass is 32.2. The zero-order chi connectivity index (χ0) is 12.0. The molecule has 6 N–H and O–H groups in total. The quantitative estimate of drug-likeness (QED) is 0.480. The maximum atomic E-state index is 11.4. The summed E-state index contributed by atoms with van der Waals surface area (Å²) in [6, 6.07) is 0. The van der Waals surface area contributed by atoms with Crippen LogP contribution in [0.3, 0.4) is 0 Å². The van der Waals surface area contributed by atoms with Gasteiger partial charge in [-0.1, -0.05) is 19.1 Å². The average Bonchev–Trinajstić information content (AvgIpc) is 2.15. The molecule has 1 aliphatic heterocycles. The average molecular weight is 242 g/mol. The molecule has 6 nitrogen and oxygen atoms in total. The molecule has 16 heavy (non-hydrogen) atoms. The zero-order valence-electron chi connectivity index (χ0n) is 8.82. The Labute approximate surface area is 94.3 Å². The lowest BCUT2D eigenvalue weighted by molar-refractivity contribution is 0.550. The van der Waals surface area contributed by atoms with Crippen LogP contribution < -0.4 is 20.9 Å². The molecule has 0 saturated carbocycles. The lowest BCUT2D eigenvalue weighted by Gasteiger charge is -2.36. The first kappa shape index (κ1) is 11.0. The third-order valence-corrected chi connectivity index (χ3v) is 3.71. The summed E-state index contributed by atoms with van der Waals surface area (Å²) in [6.07, 6.45) is 5.80. The van der Waals surface area contributed by atoms with Crippen molar-refractivity contribution in [2.24, 2.45) is 11.5 Å². The van der Waals surface area contributed by atoms with Gasteiger partial charge in [0.25, 0.3) is 0 Å². The molecule has 0 bridgehead atoms. The van der Waals surface area contributed by atoms with Gasteiger partial charge in [0.15, 0.2) is 0 Å². The number of allylic oxidation sites excluding steroid dienone is 2. The fraction of sp³-hybridized carbons (Fsp3) is 0.333. The Morgan fingerprint density at radius 3 is 2.75 bits per heavy atom. The SMILES string of the molecule is CCC1(N)C=CC=C2NS(=O)(=O)NC(N)=C21. The van der Waals surface area contributed by atoms with Crippen molar-refractivity contribution in [2.45, 2.75) is 18.9 Å². The van der Waals surface area contributed by atoms with Gasteiger partial charge in [-0.3, -0.25) is 9.44 Å². The number of fused-ring (bicyclic) bond motifs is 1. The third kappa shape index (κ3) is 1.57. The summed E-state index contributed by atoms with van der Waals surface area (Å²) in [5.74, 6) is 0.0821. The molecule has 0 amide bonds. The number of hydrogen-bond acceptors (Lipinski definition) is 4. The second-order valence-electron chi connectivity index (χ2n) is 3.83. The Morgan fingerprint density at radius 1 is 1.44 bits per heavy atom. The molecular formula is C9H14N4O2S. The van der Waals surface area contributed by atoms with Gasteiger partial charge in [0.2, 0.25) is 0 Å². The van der Waals surface area contributed by atoms with E-state index in [1.165, 1.54) is 0 Å². The molecule has 1 atom stereocenters. The Kier molecular flexibility index (Phi) is 2.25. The summed E-state index contributed by atoms with van der Waals surface area (Å²) in [6.45, 7) is 1.91. The van der Waals surface area contributed by atoms with Crippen molar-refractivity contribution in [3.8, 4) is 0 Å². The first-order valence-electron chi connectivity index (χ1n) is 4.87. The molecule has 2 rings (SSSR count). The van der Waals surface area contributed by atoms with Gasteiger partial charge in [-0.15, -0.1) is 0 Å². The molecule has 7 heteroatoms. The molecule has 0 spiro atoms. The summed E-state index contributed by atoms with van der Waals surface area (Å²) >= 11 is 0. The minimum atomic E-state index is -3.60. The van der Waals surface area contributed by atoms with E-state index in [2.05, 4.69) is 9.44 Å². The van der Waals surface area contributed by atoms with E-state index in [-0.39, 0.29) is 5.82 Å². The molecular weight excluding hydrogens is 228 g/mol. The van der Waals surface area contributed by atoms with Crippen LogP contribution >= 0.6 is 0 Å². The Bertz CT molecular complexity index is 518. The third-order valence-electron chi connectivity index (χ3n) is 2.73. The molecule has 0 aromatic rings. The maximum Gasteiger partial charge on any atom is 0.322 e. The lowest BCUT2D eigenvalue weighted by Crippen LogP contribution is -2.52. The molecule has 1 heterocycles. The molecule has 0 radical (unpaired) electrons. The minimum absolute atomic E-state index is 0.0821. The topological polar surface area (TPSA) is 110 Å². The monoisotopic (exact) mass is 242 g/mol. The standard InChI is InChI=1S/C9H14N4O2S/c1-2-9(11)5-3-4-6-7(9)8(10)13-16(14,15)12-6/h3-5,12-13H,2,10-11H2,1H3. The molecule has 0 aromatic heterocycles. The van der Waals surface area contributed by atoms with Crippen LogP contribution in [0.25, 0.3) is 0 Å². The first-order chi connectivity index (χ1) is 7.38. The van der Waals surface area contributed by atoms with Gasteiger partial charge in [-0.2, -0.15) is 8.42 Å². The van der Waals surface area contributed by atoms with Crippen molar-refractivity contribution in [1.82, 2.24) is 9.44 Å². The van der Waals surface area contributed by atoms with Gasteiger partial charge in [-0.25, -0.2) is 0 Å². The number of rotatable bonds is 1. The number of nitrogens with one attached hydrogen (secondary N) is 2. The zero-order valence-corrected chi connectivity index (χ0v) is 9.64. The Morgan fingerprint density at radius 2 is 2.12 bits per heavy atom. The fourth-order valence-electron chi connectivity index (χ4n) is 1.87. The Hall–Kier alpha value is -1.47. The fourth-order valence-corrected chi connectivity index (χ4v) is 2.78. The normalized spacial score (nSPS) is 31.2. The number of nitrogens with two attached hydrogens (primary N) is 2. The lowest BCUT2D eigenvalue weighted by atomic mass is 9.82. The van der Waals surface area contributed by atoms with Crippen molar-refractivity contribution in [1.29, 1.82) is 0 Å². The van der Waals surface area contributed by atoms with Crippen molar-refractivity contribution < 1.29 is 8.42 Å². The van der Waals surface area contributed by atoms with E-state index in [1.54, 1.807) is 18.2 Å². The van der Waals surface area contributed by atoms with Gasteiger partial charge < -0.3 is 11.5 Å². The van der Waals surface area contributed by atoms with E-state index in [0.29, 0.717) is 17.7 Å². The van der Waals surface area contributed by atoms with Crippen LogP contribution in [0.5, 0.6) is 0 Å². The molecule has 1 unspecified atom stereocenters. The molecule has 2 aliphatic rings. The van der Waals surface area contributed by atoms with E-state index >= 15 is 0 Å². The van der Waals surface area contributed by atoms with Gasteiger partial charge in [0.05, 0.1) is 11.2 Å². The summed E-state index contributed by atoms with van der Waals surface area (Å²) in [5, 5.41) is 0. The van der Waals surface area contributed by atoms with Crippen LogP contribution in [-0.4, -0.2) is 14.0 Å². The number of hydrogen-bond donors (Lipinski definition) is 4. The summed E-state index contributed by atoms with van der Waals surface area (Å²) < 4.78 is 27.3. The van der Waals surface area contributed by atoms with E-state index in [1.807, 2.05) is 6.92 Å². The van der Waals surface area contributed by atoms with Crippen LogP contribution in [0.15, 0.2) is 35.3 Å². The summed E-state index contributed by atoms with van der Waals surface area (Å²) in [7, 11) is -3.60. The predicted octanol–water partition coefficient (Wildman–Crippen LogP) is -0.844. The predicted molar refractivity (Wildman–Crippen MR) is 60.8 cm³/mol. The van der Waals surface area contributed by atoms with E-state index in [0.717, 1.165) is 0 Å². The first-order valence-corrected chi connectivity index (χ1v) is 6.36. The van der Waals surface area contributed by atoms with Crippen LogP contribution in [0.1, 0.15) is 13.3 Å². The van der Waals surface area contributed by atoms with Crippen LogP contribution in [0.2, 0.25) is 0 Å². The molecule has 0 fully saturated rings. The Balaban J connectivity index is 2.60. The second kappa shape index (κ2) is 3.26. The van der Waals surface area contributed by atoms with Crippen molar-refractivity contribution in [2.75, 3.05) is 0 Å². The van der Waals surface area contributed by atoms with E-state index < -0.39 is 15.7 Å². The van der Waals surface area contributed by atoms with Crippen LogP contribution in [0.4, 0.5) is 0 Å². The highest BCUT2D eigenvalue weighted by Gasteiger charge is 2.37. The van der Waals surface area contributed by atoms with Crippen molar-refractivity contribution >= 4 is 10.2 Å². The molecule has 88 valence electrons. The van der Waals surface area contributed by atoms with Crippen molar-refractivity contribution in [3.63, 3.8) is 0 Å². The van der Waals surface area contributed by atoms with Crippen molar-refractivity contribution in [3.05, 3.63) is 35.3 Å². The minimum Gasteiger partial charge on any atom is -0.384 e. The van der Waals surface area contributed by atoms with E-state index in [9.17, 15) is 8.42 Å². The van der Waals surface area contributed by atoms with Gasteiger partial charge in [-0.05, 0) is 12.5 Å². The highest BCUT2D eigenvalue weighted by Crippen LogP contribution is 2.31. The molecule has 0 saturated heterocycles.